The van der Waals surface area contributed by atoms with Crippen molar-refractivity contribution in [3.05, 3.63) is 38.9 Å². The van der Waals surface area contributed by atoms with Gasteiger partial charge >= 0.3 is 5.69 Å². The summed E-state index contributed by atoms with van der Waals surface area (Å²) in [4.78, 5) is 22.5. The molecule has 1 saturated carbocycles. The van der Waals surface area contributed by atoms with Crippen molar-refractivity contribution in [3.8, 4) is 0 Å². The largest absolute Gasteiger partial charge is 0.351 e. The Labute approximate surface area is 122 Å². The van der Waals surface area contributed by atoms with Crippen LogP contribution in [0, 0.1) is 21.4 Å². The highest BCUT2D eigenvalue weighted by Gasteiger charge is 2.45. The van der Waals surface area contributed by atoms with Crippen LogP contribution in [-0.2, 0) is 0 Å². The molecule has 0 aromatic heterocycles. The number of benzene rings is 1. The molecule has 1 aliphatic rings. The monoisotopic (exact) mass is 296 g/mol. The zero-order chi connectivity index (χ0) is 14.9. The topological polar surface area (TPSA) is 72.2 Å². The molecule has 0 heterocycles. The molecule has 1 N–H and O–H groups in total. The van der Waals surface area contributed by atoms with E-state index in [0.29, 0.717) is 12.5 Å². The predicted octanol–water partition coefficient (Wildman–Crippen LogP) is 3.41. The van der Waals surface area contributed by atoms with Crippen LogP contribution in [0.2, 0.25) is 5.02 Å². The molecule has 0 bridgehead atoms. The number of nitrogens with zero attached hydrogens (tertiary/aromatic N) is 1. The fourth-order valence-electron chi connectivity index (χ4n) is 2.35. The highest BCUT2D eigenvalue weighted by molar-refractivity contribution is 6.33. The lowest BCUT2D eigenvalue weighted by Gasteiger charge is -2.20. The van der Waals surface area contributed by atoms with E-state index in [4.69, 9.17) is 11.6 Å². The Morgan fingerprint density at radius 2 is 2.15 bits per heavy atom. The van der Waals surface area contributed by atoms with Gasteiger partial charge in [0.1, 0.15) is 10.6 Å². The lowest BCUT2D eigenvalue weighted by atomic mass is 9.92. The molecule has 1 aromatic rings. The van der Waals surface area contributed by atoms with Crippen molar-refractivity contribution in [1.82, 2.24) is 5.32 Å². The van der Waals surface area contributed by atoms with Gasteiger partial charge in [-0.05, 0) is 36.3 Å². The normalized spacial score (nSPS) is 16.0. The van der Waals surface area contributed by atoms with Crippen molar-refractivity contribution in [2.75, 3.05) is 6.54 Å². The van der Waals surface area contributed by atoms with Gasteiger partial charge in [0.05, 0.1) is 4.92 Å². The average molecular weight is 297 g/mol. The Bertz CT molecular complexity index is 553. The van der Waals surface area contributed by atoms with Gasteiger partial charge in [0.25, 0.3) is 5.91 Å². The Balaban J connectivity index is 2.14. The van der Waals surface area contributed by atoms with Gasteiger partial charge in [0.2, 0.25) is 0 Å². The van der Waals surface area contributed by atoms with Gasteiger partial charge in [0, 0.05) is 6.54 Å². The van der Waals surface area contributed by atoms with E-state index in [0.717, 1.165) is 12.8 Å². The zero-order valence-electron chi connectivity index (χ0n) is 11.5. The maximum absolute atomic E-state index is 12.1. The van der Waals surface area contributed by atoms with Crippen molar-refractivity contribution in [3.63, 3.8) is 0 Å². The molecule has 5 nitrogen and oxygen atoms in total. The first-order chi connectivity index (χ1) is 9.37. The fraction of sp³-hybridized carbons (Fsp3) is 0.500. The molecule has 0 unspecified atom stereocenters. The summed E-state index contributed by atoms with van der Waals surface area (Å²) in [5.74, 6) is 0.0447. The first-order valence-corrected chi connectivity index (χ1v) is 6.96. The molecule has 0 aliphatic heterocycles. The van der Waals surface area contributed by atoms with E-state index in [9.17, 15) is 14.9 Å². The zero-order valence-corrected chi connectivity index (χ0v) is 12.2. The third-order valence-electron chi connectivity index (χ3n) is 4.13. The van der Waals surface area contributed by atoms with E-state index in [2.05, 4.69) is 19.2 Å². The van der Waals surface area contributed by atoms with Crippen LogP contribution in [-0.4, -0.2) is 17.4 Å². The van der Waals surface area contributed by atoms with Gasteiger partial charge in [-0.25, -0.2) is 0 Å². The molecule has 0 atom stereocenters. The SMILES string of the molecule is CC(C)C1(CNC(=O)c2cccc(Cl)c2[N+](=O)[O-])CC1. The van der Waals surface area contributed by atoms with Gasteiger partial charge in [-0.15, -0.1) is 0 Å². The quantitative estimate of drug-likeness (QED) is 0.668. The number of halogens is 1. The molecule has 0 spiro atoms. The number of para-hydroxylation sites is 1. The van der Waals surface area contributed by atoms with Crippen LogP contribution in [0.4, 0.5) is 5.69 Å². The lowest BCUT2D eigenvalue weighted by molar-refractivity contribution is -0.385. The minimum atomic E-state index is -0.618. The van der Waals surface area contributed by atoms with Crippen molar-refractivity contribution in [1.29, 1.82) is 0 Å². The van der Waals surface area contributed by atoms with E-state index >= 15 is 0 Å². The highest BCUT2D eigenvalue weighted by Crippen LogP contribution is 2.51. The number of carbonyl (C=O) groups excluding carboxylic acids is 1. The number of hydrogen-bond donors (Lipinski definition) is 1. The van der Waals surface area contributed by atoms with Gasteiger partial charge in [-0.2, -0.15) is 0 Å². The van der Waals surface area contributed by atoms with Crippen molar-refractivity contribution in [2.45, 2.75) is 26.7 Å². The molecule has 2 rings (SSSR count). The maximum Gasteiger partial charge on any atom is 0.300 e. The van der Waals surface area contributed by atoms with Crippen molar-refractivity contribution < 1.29 is 9.72 Å². The summed E-state index contributed by atoms with van der Waals surface area (Å²) >= 11 is 5.80. The summed E-state index contributed by atoms with van der Waals surface area (Å²) in [5.41, 5.74) is -0.161. The second-order valence-electron chi connectivity index (χ2n) is 5.59. The second kappa shape index (κ2) is 5.40. The van der Waals surface area contributed by atoms with Gasteiger partial charge in [0.15, 0.2) is 0 Å². The van der Waals surface area contributed by atoms with Crippen molar-refractivity contribution in [2.24, 2.45) is 11.3 Å². The van der Waals surface area contributed by atoms with Crippen LogP contribution < -0.4 is 5.32 Å². The van der Waals surface area contributed by atoms with Crippen LogP contribution in [0.15, 0.2) is 18.2 Å². The molecule has 1 amide bonds. The van der Waals surface area contributed by atoms with Gasteiger partial charge in [-0.1, -0.05) is 31.5 Å². The second-order valence-corrected chi connectivity index (χ2v) is 6.00. The summed E-state index contributed by atoms with van der Waals surface area (Å²) in [5, 5.41) is 13.8. The highest BCUT2D eigenvalue weighted by atomic mass is 35.5. The smallest absolute Gasteiger partial charge is 0.300 e. The Morgan fingerprint density at radius 1 is 1.50 bits per heavy atom. The summed E-state index contributed by atoms with van der Waals surface area (Å²) in [6, 6.07) is 4.38. The first kappa shape index (κ1) is 14.8. The van der Waals surface area contributed by atoms with Crippen LogP contribution in [0.1, 0.15) is 37.0 Å². The van der Waals surface area contributed by atoms with E-state index in [1.165, 1.54) is 12.1 Å². The number of nitro benzene ring substituents is 1. The van der Waals surface area contributed by atoms with Crippen LogP contribution in [0.25, 0.3) is 0 Å². The van der Waals surface area contributed by atoms with E-state index in [1.54, 1.807) is 6.07 Å². The third kappa shape index (κ3) is 2.77. The van der Waals surface area contributed by atoms with Crippen LogP contribution >= 0.6 is 11.6 Å². The average Bonchev–Trinajstić information content (AvgIpc) is 3.16. The number of nitrogens with one attached hydrogen (secondary N) is 1. The van der Waals surface area contributed by atoms with E-state index in [-0.39, 0.29) is 21.7 Å². The molecule has 0 radical (unpaired) electrons. The third-order valence-corrected chi connectivity index (χ3v) is 4.44. The number of nitro groups is 1. The maximum atomic E-state index is 12.1. The minimum Gasteiger partial charge on any atom is -0.351 e. The molecule has 20 heavy (non-hydrogen) atoms. The molecule has 108 valence electrons. The van der Waals surface area contributed by atoms with Gasteiger partial charge in [-0.3, -0.25) is 14.9 Å². The standard InChI is InChI=1S/C14H17ClN2O3/c1-9(2)14(6-7-14)8-16-13(18)10-4-3-5-11(15)12(10)17(19)20/h3-5,9H,6-8H2,1-2H3,(H,16,18). The van der Waals surface area contributed by atoms with Crippen molar-refractivity contribution >= 4 is 23.2 Å². The number of hydrogen-bond acceptors (Lipinski definition) is 3. The molecule has 1 aromatic carbocycles. The minimum absolute atomic E-state index is 0.0158. The van der Waals surface area contributed by atoms with E-state index < -0.39 is 10.8 Å². The predicted molar refractivity (Wildman–Crippen MR) is 76.9 cm³/mol. The van der Waals surface area contributed by atoms with Gasteiger partial charge < -0.3 is 5.32 Å². The number of rotatable bonds is 5. The van der Waals surface area contributed by atoms with E-state index in [1.807, 2.05) is 0 Å². The molecular weight excluding hydrogens is 280 g/mol. The molecule has 0 saturated heterocycles. The Morgan fingerprint density at radius 3 is 2.65 bits per heavy atom. The number of amides is 1. The van der Waals surface area contributed by atoms with Crippen LogP contribution in [0.3, 0.4) is 0 Å². The van der Waals surface area contributed by atoms with Crippen LogP contribution in [0.5, 0.6) is 0 Å². The summed E-state index contributed by atoms with van der Waals surface area (Å²) in [7, 11) is 0. The molecule has 1 aliphatic carbocycles. The summed E-state index contributed by atoms with van der Waals surface area (Å²) in [6.07, 6.45) is 2.17. The molecular formula is C14H17ClN2O3. The first-order valence-electron chi connectivity index (χ1n) is 6.58. The molecule has 1 fully saturated rings. The lowest BCUT2D eigenvalue weighted by Crippen LogP contribution is -2.32. The number of carbonyl (C=O) groups is 1. The fourth-order valence-corrected chi connectivity index (χ4v) is 2.60. The Kier molecular flexibility index (Phi) is 3.99. The summed E-state index contributed by atoms with van der Waals surface area (Å²) in [6.45, 7) is 4.80. The Hall–Kier alpha value is -1.62. The molecule has 6 heteroatoms. The summed E-state index contributed by atoms with van der Waals surface area (Å²) < 4.78 is 0.